The van der Waals surface area contributed by atoms with Gasteiger partial charge in [-0.25, -0.2) is 0 Å². The number of phenolic OH excluding ortho intramolecular Hbond substituents is 2. The first kappa shape index (κ1) is 26.1. The van der Waals surface area contributed by atoms with Crippen molar-refractivity contribution >= 4 is 11.9 Å². The number of aliphatic carboxylic acids is 2. The highest BCUT2D eigenvalue weighted by molar-refractivity contribution is 5.69. The van der Waals surface area contributed by atoms with Crippen LogP contribution < -0.4 is 0 Å². The highest BCUT2D eigenvalue weighted by Gasteiger charge is 2.25. The molecule has 0 saturated heterocycles. The first-order chi connectivity index (χ1) is 15.6. The van der Waals surface area contributed by atoms with Gasteiger partial charge in [-0.2, -0.15) is 0 Å². The average Bonchev–Trinajstić information content (AvgIpc) is 2.74. The van der Waals surface area contributed by atoms with Gasteiger partial charge in [-0.05, 0) is 30.7 Å². The molecule has 0 aliphatic heterocycles. The molecule has 2 aromatic carbocycles. The maximum atomic E-state index is 11.5. The largest absolute Gasteiger partial charge is 0.508 e. The quantitative estimate of drug-likeness (QED) is 0.250. The molecule has 0 saturated carbocycles. The van der Waals surface area contributed by atoms with Crippen LogP contribution in [0.1, 0.15) is 22.3 Å². The van der Waals surface area contributed by atoms with Crippen LogP contribution >= 0.6 is 0 Å². The highest BCUT2D eigenvalue weighted by atomic mass is 16.4. The molecular formula is C23H30N2O8. The molecule has 0 heterocycles. The Balaban J connectivity index is 2.30. The maximum absolute atomic E-state index is 11.5. The molecule has 0 aliphatic rings. The van der Waals surface area contributed by atoms with Crippen LogP contribution in [0.4, 0.5) is 0 Å². The first-order valence-electron chi connectivity index (χ1n) is 10.3. The van der Waals surface area contributed by atoms with Crippen LogP contribution in [0.25, 0.3) is 0 Å². The molecule has 33 heavy (non-hydrogen) atoms. The number of phenols is 2. The maximum Gasteiger partial charge on any atom is 0.317 e. The molecule has 1 atom stereocenters. The fourth-order valence-corrected chi connectivity index (χ4v) is 3.62. The van der Waals surface area contributed by atoms with E-state index in [2.05, 4.69) is 0 Å². The van der Waals surface area contributed by atoms with E-state index in [0.717, 1.165) is 5.56 Å². The summed E-state index contributed by atoms with van der Waals surface area (Å²) in [6, 6.07) is 8.64. The van der Waals surface area contributed by atoms with Crippen molar-refractivity contribution in [2.75, 3.05) is 26.2 Å². The number of carbonyl (C=O) groups is 2. The van der Waals surface area contributed by atoms with Crippen LogP contribution in [0.3, 0.4) is 0 Å². The zero-order valence-corrected chi connectivity index (χ0v) is 18.4. The number of carboxylic acids is 2. The smallest absolute Gasteiger partial charge is 0.317 e. The van der Waals surface area contributed by atoms with Gasteiger partial charge in [-0.15, -0.1) is 0 Å². The van der Waals surface area contributed by atoms with Crippen molar-refractivity contribution in [1.29, 1.82) is 0 Å². The topological polar surface area (TPSA) is 162 Å². The second-order valence-electron chi connectivity index (χ2n) is 7.95. The van der Waals surface area contributed by atoms with Crippen LogP contribution in [0.15, 0.2) is 36.4 Å². The van der Waals surface area contributed by atoms with Gasteiger partial charge in [-0.3, -0.25) is 19.4 Å². The predicted molar refractivity (Wildman–Crippen MR) is 119 cm³/mol. The lowest BCUT2D eigenvalue weighted by Gasteiger charge is -2.33. The Morgan fingerprint density at radius 1 is 0.879 bits per heavy atom. The number of aliphatic hydroxyl groups is 2. The molecule has 180 valence electrons. The molecule has 0 amide bonds. The molecule has 0 spiro atoms. The van der Waals surface area contributed by atoms with Crippen LogP contribution in [-0.4, -0.2) is 84.7 Å². The van der Waals surface area contributed by atoms with Gasteiger partial charge in [0.15, 0.2) is 0 Å². The number of rotatable bonds is 13. The van der Waals surface area contributed by atoms with E-state index in [-0.39, 0.29) is 37.7 Å². The molecular weight excluding hydrogens is 432 g/mol. The van der Waals surface area contributed by atoms with Gasteiger partial charge in [0.25, 0.3) is 0 Å². The molecule has 0 fully saturated rings. The average molecular weight is 462 g/mol. The Labute approximate surface area is 191 Å². The van der Waals surface area contributed by atoms with Crippen molar-refractivity contribution in [3.63, 3.8) is 0 Å². The summed E-state index contributed by atoms with van der Waals surface area (Å²) in [7, 11) is 0. The van der Waals surface area contributed by atoms with Crippen molar-refractivity contribution in [2.24, 2.45) is 0 Å². The van der Waals surface area contributed by atoms with Gasteiger partial charge >= 0.3 is 11.9 Å². The second-order valence-corrected chi connectivity index (χ2v) is 7.95. The van der Waals surface area contributed by atoms with Gasteiger partial charge < -0.3 is 30.6 Å². The van der Waals surface area contributed by atoms with Gasteiger partial charge in [0.2, 0.25) is 0 Å². The molecule has 6 N–H and O–H groups in total. The van der Waals surface area contributed by atoms with Crippen molar-refractivity contribution in [1.82, 2.24) is 9.80 Å². The molecule has 2 rings (SSSR count). The lowest BCUT2D eigenvalue weighted by atomic mass is 10.1. The minimum absolute atomic E-state index is 0.00432. The number of nitrogens with zero attached hydrogens (tertiary/aromatic N) is 2. The summed E-state index contributed by atoms with van der Waals surface area (Å²) in [5, 5.41) is 58.5. The Hall–Kier alpha value is -3.18. The summed E-state index contributed by atoms with van der Waals surface area (Å²) < 4.78 is 0. The minimum atomic E-state index is -1.16. The predicted octanol–water partition coefficient (Wildman–Crippen LogP) is 0.733. The third kappa shape index (κ3) is 8.03. The first-order valence-corrected chi connectivity index (χ1v) is 10.3. The third-order valence-corrected chi connectivity index (χ3v) is 5.22. The zero-order chi connectivity index (χ0) is 24.5. The summed E-state index contributed by atoms with van der Waals surface area (Å²) in [6.07, 6.45) is 0. The minimum Gasteiger partial charge on any atom is -0.508 e. The SMILES string of the molecule is Cc1ccc(O)c(CN(CC(=O)O)CC(CO)N(CC(=O)O)Cc2cc(CO)ccc2O)c1. The van der Waals surface area contributed by atoms with Gasteiger partial charge in [0, 0.05) is 36.8 Å². The van der Waals surface area contributed by atoms with E-state index in [1.54, 1.807) is 18.2 Å². The monoisotopic (exact) mass is 462 g/mol. The number of hydrogen-bond donors (Lipinski definition) is 6. The Morgan fingerprint density at radius 2 is 1.48 bits per heavy atom. The molecule has 0 radical (unpaired) electrons. The molecule has 1 unspecified atom stereocenters. The highest BCUT2D eigenvalue weighted by Crippen LogP contribution is 2.23. The number of carboxylic acid groups (broad SMARTS) is 2. The fraction of sp³-hybridized carbons (Fsp3) is 0.391. The third-order valence-electron chi connectivity index (χ3n) is 5.22. The van der Waals surface area contributed by atoms with E-state index in [0.29, 0.717) is 16.7 Å². The molecule has 0 aliphatic carbocycles. The Kier molecular flexibility index (Phi) is 9.61. The van der Waals surface area contributed by atoms with E-state index in [4.69, 9.17) is 0 Å². The lowest BCUT2D eigenvalue weighted by molar-refractivity contribution is -0.141. The summed E-state index contributed by atoms with van der Waals surface area (Å²) in [6.45, 7) is 0.259. The summed E-state index contributed by atoms with van der Waals surface area (Å²) in [5.74, 6) is -2.36. The summed E-state index contributed by atoms with van der Waals surface area (Å²) in [5.41, 5.74) is 2.28. The lowest BCUT2D eigenvalue weighted by Crippen LogP contribution is -2.48. The number of hydrogen-bond acceptors (Lipinski definition) is 8. The van der Waals surface area contributed by atoms with Gasteiger partial charge in [0.05, 0.1) is 26.3 Å². The van der Waals surface area contributed by atoms with E-state index < -0.39 is 37.7 Å². The number of aliphatic hydroxyl groups excluding tert-OH is 2. The Morgan fingerprint density at radius 3 is 2.06 bits per heavy atom. The molecule has 0 bridgehead atoms. The second kappa shape index (κ2) is 12.2. The molecule has 0 aromatic heterocycles. The fourth-order valence-electron chi connectivity index (χ4n) is 3.62. The van der Waals surface area contributed by atoms with E-state index in [1.807, 2.05) is 6.92 Å². The van der Waals surface area contributed by atoms with Crippen molar-refractivity contribution in [3.8, 4) is 11.5 Å². The van der Waals surface area contributed by atoms with Gasteiger partial charge in [0.1, 0.15) is 11.5 Å². The van der Waals surface area contributed by atoms with Crippen LogP contribution in [0.2, 0.25) is 0 Å². The van der Waals surface area contributed by atoms with E-state index in [9.17, 15) is 40.2 Å². The van der Waals surface area contributed by atoms with Crippen LogP contribution in [0, 0.1) is 6.92 Å². The van der Waals surface area contributed by atoms with Gasteiger partial charge in [-0.1, -0.05) is 23.8 Å². The molecule has 2 aromatic rings. The number of aromatic hydroxyl groups is 2. The molecule has 10 nitrogen and oxygen atoms in total. The zero-order valence-electron chi connectivity index (χ0n) is 18.4. The van der Waals surface area contributed by atoms with E-state index in [1.165, 1.54) is 28.0 Å². The van der Waals surface area contributed by atoms with Crippen LogP contribution in [0.5, 0.6) is 11.5 Å². The number of aryl methyl sites for hydroxylation is 1. The summed E-state index contributed by atoms with van der Waals surface area (Å²) >= 11 is 0. The van der Waals surface area contributed by atoms with E-state index >= 15 is 0 Å². The van der Waals surface area contributed by atoms with Crippen molar-refractivity contribution < 1.29 is 40.2 Å². The standard InChI is InChI=1S/C23H30N2O8/c1-15-2-4-20(28)17(6-15)8-24(11-22(30)31)10-19(14-27)25(12-23(32)33)9-18-7-16(13-26)3-5-21(18)29/h2-7,19,26-29H,8-14H2,1H3,(H,30,31)(H,32,33). The van der Waals surface area contributed by atoms with Crippen molar-refractivity contribution in [2.45, 2.75) is 32.7 Å². The van der Waals surface area contributed by atoms with Crippen LogP contribution in [-0.2, 0) is 29.3 Å². The number of benzene rings is 2. The Bertz CT molecular complexity index is 965. The van der Waals surface area contributed by atoms with Crippen molar-refractivity contribution in [3.05, 3.63) is 58.7 Å². The summed E-state index contributed by atoms with van der Waals surface area (Å²) in [4.78, 5) is 25.9. The normalized spacial score (nSPS) is 12.3. The molecule has 10 heteroatoms.